The lowest BCUT2D eigenvalue weighted by molar-refractivity contribution is -0.137. The molecule has 1 fully saturated rings. The molecule has 128 valence electrons. The fourth-order valence-corrected chi connectivity index (χ4v) is 2.86. The second-order valence-electron chi connectivity index (χ2n) is 5.37. The number of aromatic nitrogens is 1. The molecule has 2 rings (SSSR count). The van der Waals surface area contributed by atoms with Gasteiger partial charge in [0.1, 0.15) is 5.82 Å². The minimum absolute atomic E-state index is 0.140. The van der Waals surface area contributed by atoms with E-state index in [9.17, 15) is 18.0 Å². The van der Waals surface area contributed by atoms with Crippen LogP contribution in [0.2, 0.25) is 0 Å². The van der Waals surface area contributed by atoms with Gasteiger partial charge in [-0.05, 0) is 24.8 Å². The second kappa shape index (κ2) is 7.90. The highest BCUT2D eigenvalue weighted by molar-refractivity contribution is 7.98. The van der Waals surface area contributed by atoms with Crippen LogP contribution >= 0.6 is 11.8 Å². The molecule has 1 saturated heterocycles. The number of pyridine rings is 1. The summed E-state index contributed by atoms with van der Waals surface area (Å²) in [5, 5.41) is 0. The number of thioether (sulfide) groups is 1. The lowest BCUT2D eigenvalue weighted by Gasteiger charge is -2.23. The zero-order valence-corrected chi connectivity index (χ0v) is 13.8. The molecule has 0 bridgehead atoms. The Bertz CT molecular complexity index is 522. The van der Waals surface area contributed by atoms with E-state index in [2.05, 4.69) is 4.98 Å². The van der Waals surface area contributed by atoms with E-state index in [0.29, 0.717) is 38.4 Å². The summed E-state index contributed by atoms with van der Waals surface area (Å²) in [7, 11) is 0. The largest absolute Gasteiger partial charge is 0.417 e. The monoisotopic (exact) mass is 347 g/mol. The van der Waals surface area contributed by atoms with E-state index in [4.69, 9.17) is 0 Å². The van der Waals surface area contributed by atoms with Crippen LogP contribution in [0.15, 0.2) is 18.3 Å². The molecule has 1 amide bonds. The molecule has 23 heavy (non-hydrogen) atoms. The minimum Gasteiger partial charge on any atom is -0.355 e. The van der Waals surface area contributed by atoms with Crippen molar-refractivity contribution in [1.29, 1.82) is 0 Å². The lowest BCUT2D eigenvalue weighted by atomic mass is 10.2. The van der Waals surface area contributed by atoms with Crippen molar-refractivity contribution in [2.24, 2.45) is 0 Å². The number of halogens is 3. The van der Waals surface area contributed by atoms with Gasteiger partial charge in [-0.25, -0.2) is 4.98 Å². The Morgan fingerprint density at radius 1 is 1.26 bits per heavy atom. The van der Waals surface area contributed by atoms with E-state index in [1.165, 1.54) is 6.07 Å². The highest BCUT2D eigenvalue weighted by atomic mass is 32.2. The van der Waals surface area contributed by atoms with Crippen LogP contribution in [0.25, 0.3) is 0 Å². The molecule has 0 atom stereocenters. The third-order valence-corrected chi connectivity index (χ3v) is 4.38. The van der Waals surface area contributed by atoms with Gasteiger partial charge in [0.15, 0.2) is 0 Å². The maximum Gasteiger partial charge on any atom is 0.417 e. The summed E-state index contributed by atoms with van der Waals surface area (Å²) in [5.41, 5.74) is -0.745. The predicted molar refractivity (Wildman–Crippen MR) is 85.6 cm³/mol. The fourth-order valence-electron chi connectivity index (χ4n) is 2.48. The smallest absolute Gasteiger partial charge is 0.355 e. The van der Waals surface area contributed by atoms with Crippen LogP contribution in [0.1, 0.15) is 18.4 Å². The predicted octanol–water partition coefficient (Wildman–Crippen LogP) is 2.89. The summed E-state index contributed by atoms with van der Waals surface area (Å²) in [6.07, 6.45) is -0.229. The molecule has 4 nitrogen and oxygen atoms in total. The van der Waals surface area contributed by atoms with E-state index in [1.54, 1.807) is 11.8 Å². The van der Waals surface area contributed by atoms with E-state index in [-0.39, 0.29) is 5.91 Å². The quantitative estimate of drug-likeness (QED) is 0.839. The van der Waals surface area contributed by atoms with Crippen LogP contribution in [0, 0.1) is 0 Å². The highest BCUT2D eigenvalue weighted by Crippen LogP contribution is 2.29. The number of carbonyl (C=O) groups is 1. The maximum atomic E-state index is 12.6. The number of alkyl halides is 3. The Balaban J connectivity index is 1.96. The number of hydrogen-bond donors (Lipinski definition) is 0. The van der Waals surface area contributed by atoms with Crippen LogP contribution in [0.4, 0.5) is 19.0 Å². The first-order valence-corrected chi connectivity index (χ1v) is 8.86. The Labute approximate surface area is 138 Å². The molecule has 0 aliphatic carbocycles. The van der Waals surface area contributed by atoms with Crippen LogP contribution < -0.4 is 4.90 Å². The maximum absolute atomic E-state index is 12.6. The zero-order chi connectivity index (χ0) is 16.9. The molecule has 0 N–H and O–H groups in total. The summed E-state index contributed by atoms with van der Waals surface area (Å²) in [5.74, 6) is 1.47. The molecule has 1 aromatic rings. The summed E-state index contributed by atoms with van der Waals surface area (Å²) in [6, 6.07) is 2.45. The molecular weight excluding hydrogens is 327 g/mol. The van der Waals surface area contributed by atoms with Gasteiger partial charge in [-0.3, -0.25) is 4.79 Å². The number of nitrogens with zero attached hydrogens (tertiary/aromatic N) is 3. The summed E-state index contributed by atoms with van der Waals surface area (Å²) in [6.45, 7) is 2.54. The van der Waals surface area contributed by atoms with Gasteiger partial charge in [0.2, 0.25) is 5.91 Å². The van der Waals surface area contributed by atoms with E-state index < -0.39 is 11.7 Å². The molecule has 2 heterocycles. The standard InChI is InChI=1S/C15H20F3N3OS/c1-23-10-5-14(22)21-7-2-6-20(8-9-21)13-4-3-12(11-19-13)15(16,17)18/h3-4,11H,2,5-10H2,1H3. The molecule has 0 radical (unpaired) electrons. The van der Waals surface area contributed by atoms with Crippen LogP contribution in [0.5, 0.6) is 0 Å². The van der Waals surface area contributed by atoms with Crippen molar-refractivity contribution < 1.29 is 18.0 Å². The van der Waals surface area contributed by atoms with Crippen molar-refractivity contribution in [3.63, 3.8) is 0 Å². The SMILES string of the molecule is CSCCC(=O)N1CCCN(c2ccc(C(F)(F)F)cn2)CC1. The molecule has 0 saturated carbocycles. The minimum atomic E-state index is -4.37. The Morgan fingerprint density at radius 2 is 2.04 bits per heavy atom. The van der Waals surface area contributed by atoms with Crippen LogP contribution in [-0.2, 0) is 11.0 Å². The highest BCUT2D eigenvalue weighted by Gasteiger charge is 2.31. The van der Waals surface area contributed by atoms with Crippen molar-refractivity contribution in [3.05, 3.63) is 23.9 Å². The Morgan fingerprint density at radius 3 is 2.65 bits per heavy atom. The molecule has 1 aromatic heterocycles. The molecule has 1 aliphatic heterocycles. The van der Waals surface area contributed by atoms with Crippen molar-refractivity contribution in [2.75, 3.05) is 43.1 Å². The van der Waals surface area contributed by atoms with Crippen molar-refractivity contribution >= 4 is 23.5 Å². The van der Waals surface area contributed by atoms with Crippen molar-refractivity contribution in [2.45, 2.75) is 19.0 Å². The third kappa shape index (κ3) is 5.02. The van der Waals surface area contributed by atoms with Gasteiger partial charge in [0.05, 0.1) is 5.56 Å². The normalized spacial score (nSPS) is 16.3. The van der Waals surface area contributed by atoms with Gasteiger partial charge in [-0.2, -0.15) is 24.9 Å². The lowest BCUT2D eigenvalue weighted by Crippen LogP contribution is -2.35. The van der Waals surface area contributed by atoms with Gasteiger partial charge in [0.25, 0.3) is 0 Å². The van der Waals surface area contributed by atoms with E-state index in [1.807, 2.05) is 16.1 Å². The van der Waals surface area contributed by atoms with Crippen LogP contribution in [0.3, 0.4) is 0 Å². The first kappa shape index (κ1) is 17.9. The molecule has 8 heteroatoms. The van der Waals surface area contributed by atoms with E-state index >= 15 is 0 Å². The summed E-state index contributed by atoms with van der Waals surface area (Å²) < 4.78 is 37.7. The Hall–Kier alpha value is -1.44. The average Bonchev–Trinajstić information content (AvgIpc) is 2.78. The first-order valence-electron chi connectivity index (χ1n) is 7.46. The van der Waals surface area contributed by atoms with Gasteiger partial charge in [0, 0.05) is 44.5 Å². The van der Waals surface area contributed by atoms with E-state index in [0.717, 1.165) is 24.4 Å². The number of anilines is 1. The van der Waals surface area contributed by atoms with Crippen molar-refractivity contribution in [1.82, 2.24) is 9.88 Å². The number of rotatable bonds is 4. The topological polar surface area (TPSA) is 36.4 Å². The molecule has 0 aromatic carbocycles. The van der Waals surface area contributed by atoms with Crippen molar-refractivity contribution in [3.8, 4) is 0 Å². The van der Waals surface area contributed by atoms with Crippen LogP contribution in [-0.4, -0.2) is 54.0 Å². The molecule has 1 aliphatic rings. The molecule has 0 spiro atoms. The first-order chi connectivity index (χ1) is 10.9. The Kier molecular flexibility index (Phi) is 6.15. The average molecular weight is 347 g/mol. The van der Waals surface area contributed by atoms with Gasteiger partial charge in [-0.1, -0.05) is 0 Å². The third-order valence-electron chi connectivity index (χ3n) is 3.77. The number of hydrogen-bond acceptors (Lipinski definition) is 4. The summed E-state index contributed by atoms with van der Waals surface area (Å²) in [4.78, 5) is 19.8. The summed E-state index contributed by atoms with van der Waals surface area (Å²) >= 11 is 1.64. The molecular formula is C15H20F3N3OS. The molecule has 0 unspecified atom stereocenters. The van der Waals surface area contributed by atoms with Gasteiger partial charge < -0.3 is 9.80 Å². The number of amides is 1. The second-order valence-corrected chi connectivity index (χ2v) is 6.35. The fraction of sp³-hybridized carbons (Fsp3) is 0.600. The number of carbonyl (C=O) groups excluding carboxylic acids is 1. The zero-order valence-electron chi connectivity index (χ0n) is 13.0. The van der Waals surface area contributed by atoms with Gasteiger partial charge in [-0.15, -0.1) is 0 Å². The van der Waals surface area contributed by atoms with Gasteiger partial charge >= 0.3 is 6.18 Å².